The van der Waals surface area contributed by atoms with Gasteiger partial charge in [-0.05, 0) is 30.3 Å². The Hall–Kier alpha value is -3.02. The van der Waals surface area contributed by atoms with Gasteiger partial charge in [-0.25, -0.2) is 19.3 Å². The number of nitrogens with two attached hydrogens (primary N) is 1. The summed E-state index contributed by atoms with van der Waals surface area (Å²) in [6.45, 7) is 0. The SMILES string of the molecule is Nc1ncncc1-c1ccc(Oc2ccc(F)cc2)nc1. The van der Waals surface area contributed by atoms with Crippen molar-refractivity contribution >= 4 is 5.82 Å². The lowest BCUT2D eigenvalue weighted by molar-refractivity contribution is 0.461. The highest BCUT2D eigenvalue weighted by atomic mass is 19.1. The van der Waals surface area contributed by atoms with Gasteiger partial charge in [0, 0.05) is 29.6 Å². The zero-order valence-corrected chi connectivity index (χ0v) is 10.9. The molecule has 104 valence electrons. The van der Waals surface area contributed by atoms with Crippen LogP contribution in [0.3, 0.4) is 0 Å². The molecule has 2 aromatic heterocycles. The van der Waals surface area contributed by atoms with Crippen molar-refractivity contribution in [3.05, 3.63) is 60.9 Å². The average Bonchev–Trinajstić information content (AvgIpc) is 2.51. The van der Waals surface area contributed by atoms with Crippen molar-refractivity contribution in [2.45, 2.75) is 0 Å². The minimum atomic E-state index is -0.315. The predicted octanol–water partition coefficient (Wildman–Crippen LogP) is 3.05. The van der Waals surface area contributed by atoms with Crippen LogP contribution in [0.15, 0.2) is 55.1 Å². The molecule has 0 bridgehead atoms. The van der Waals surface area contributed by atoms with Crippen LogP contribution in [0.1, 0.15) is 0 Å². The van der Waals surface area contributed by atoms with Crippen molar-refractivity contribution < 1.29 is 9.13 Å². The quantitative estimate of drug-likeness (QED) is 0.799. The van der Waals surface area contributed by atoms with Gasteiger partial charge in [-0.3, -0.25) is 0 Å². The lowest BCUT2D eigenvalue weighted by Gasteiger charge is -2.06. The number of halogens is 1. The molecule has 2 heterocycles. The summed E-state index contributed by atoms with van der Waals surface area (Å²) in [4.78, 5) is 12.0. The van der Waals surface area contributed by atoms with Gasteiger partial charge in [0.1, 0.15) is 23.7 Å². The molecular formula is C15H11FN4O. The van der Waals surface area contributed by atoms with Gasteiger partial charge in [0.15, 0.2) is 0 Å². The van der Waals surface area contributed by atoms with Crippen molar-refractivity contribution in [3.8, 4) is 22.8 Å². The van der Waals surface area contributed by atoms with Crippen molar-refractivity contribution in [2.24, 2.45) is 0 Å². The molecule has 2 N–H and O–H groups in total. The third-order valence-electron chi connectivity index (χ3n) is 2.83. The Morgan fingerprint density at radius 1 is 0.952 bits per heavy atom. The summed E-state index contributed by atoms with van der Waals surface area (Å²) in [6, 6.07) is 9.23. The third kappa shape index (κ3) is 2.94. The molecule has 0 saturated heterocycles. The smallest absolute Gasteiger partial charge is 0.219 e. The molecule has 21 heavy (non-hydrogen) atoms. The van der Waals surface area contributed by atoms with Crippen LogP contribution in [-0.2, 0) is 0 Å². The monoisotopic (exact) mass is 282 g/mol. The van der Waals surface area contributed by atoms with Gasteiger partial charge in [0.2, 0.25) is 5.88 Å². The minimum Gasteiger partial charge on any atom is -0.439 e. The molecule has 5 nitrogen and oxygen atoms in total. The van der Waals surface area contributed by atoms with E-state index in [1.165, 1.54) is 30.6 Å². The van der Waals surface area contributed by atoms with Crippen LogP contribution in [0.2, 0.25) is 0 Å². The third-order valence-corrected chi connectivity index (χ3v) is 2.83. The lowest BCUT2D eigenvalue weighted by Crippen LogP contribution is -1.95. The Kier molecular flexibility index (Phi) is 3.42. The fraction of sp³-hybridized carbons (Fsp3) is 0. The molecule has 0 radical (unpaired) electrons. The fourth-order valence-electron chi connectivity index (χ4n) is 1.78. The maximum Gasteiger partial charge on any atom is 0.219 e. The van der Waals surface area contributed by atoms with E-state index in [9.17, 15) is 4.39 Å². The zero-order chi connectivity index (χ0) is 14.7. The zero-order valence-electron chi connectivity index (χ0n) is 10.9. The van der Waals surface area contributed by atoms with Gasteiger partial charge in [-0.2, -0.15) is 0 Å². The maximum absolute atomic E-state index is 12.8. The first-order valence-electron chi connectivity index (χ1n) is 6.18. The van der Waals surface area contributed by atoms with Gasteiger partial charge in [-0.1, -0.05) is 0 Å². The topological polar surface area (TPSA) is 73.9 Å². The number of rotatable bonds is 3. The predicted molar refractivity (Wildman–Crippen MR) is 76.1 cm³/mol. The van der Waals surface area contributed by atoms with Crippen LogP contribution < -0.4 is 10.5 Å². The van der Waals surface area contributed by atoms with Crippen LogP contribution in [0.5, 0.6) is 11.6 Å². The van der Waals surface area contributed by atoms with E-state index in [1.54, 1.807) is 24.5 Å². The normalized spacial score (nSPS) is 10.3. The number of ether oxygens (including phenoxy) is 1. The van der Waals surface area contributed by atoms with E-state index in [1.807, 2.05) is 0 Å². The summed E-state index contributed by atoms with van der Waals surface area (Å²) in [6.07, 6.45) is 4.63. The van der Waals surface area contributed by atoms with Gasteiger partial charge in [-0.15, -0.1) is 0 Å². The first kappa shape index (κ1) is 13.0. The molecule has 0 saturated carbocycles. The molecule has 3 rings (SSSR count). The van der Waals surface area contributed by atoms with E-state index in [0.29, 0.717) is 23.0 Å². The van der Waals surface area contributed by atoms with Crippen molar-refractivity contribution in [1.82, 2.24) is 15.0 Å². The molecule has 6 heteroatoms. The van der Waals surface area contributed by atoms with Gasteiger partial charge >= 0.3 is 0 Å². The van der Waals surface area contributed by atoms with Crippen LogP contribution in [0, 0.1) is 5.82 Å². The summed E-state index contributed by atoms with van der Waals surface area (Å²) >= 11 is 0. The van der Waals surface area contributed by atoms with E-state index in [2.05, 4.69) is 15.0 Å². The summed E-state index contributed by atoms with van der Waals surface area (Å²) in [5.74, 6) is 0.990. The minimum absolute atomic E-state index is 0.315. The molecule has 0 spiro atoms. The standard InChI is InChI=1S/C15H11FN4O/c16-11-2-4-12(5-3-11)21-14-6-1-10(7-19-14)13-8-18-9-20-15(13)17/h1-9H,(H2,17,18,20). The number of nitrogen functional groups attached to an aromatic ring is 1. The highest BCUT2D eigenvalue weighted by Gasteiger charge is 2.05. The summed E-state index contributed by atoms with van der Waals surface area (Å²) in [5, 5.41) is 0. The molecule has 1 aromatic carbocycles. The second kappa shape index (κ2) is 5.54. The van der Waals surface area contributed by atoms with Crippen LogP contribution in [-0.4, -0.2) is 15.0 Å². The molecule has 0 amide bonds. The van der Waals surface area contributed by atoms with Gasteiger partial charge in [0.05, 0.1) is 0 Å². The number of nitrogens with zero attached hydrogens (tertiary/aromatic N) is 3. The first-order chi connectivity index (χ1) is 10.2. The second-order valence-electron chi connectivity index (χ2n) is 4.26. The number of aromatic nitrogens is 3. The van der Waals surface area contributed by atoms with Crippen molar-refractivity contribution in [3.63, 3.8) is 0 Å². The van der Waals surface area contributed by atoms with Crippen molar-refractivity contribution in [1.29, 1.82) is 0 Å². The second-order valence-corrected chi connectivity index (χ2v) is 4.26. The van der Waals surface area contributed by atoms with E-state index >= 15 is 0 Å². The van der Waals surface area contributed by atoms with E-state index < -0.39 is 0 Å². The Balaban J connectivity index is 1.81. The Bertz CT molecular complexity index is 744. The lowest BCUT2D eigenvalue weighted by atomic mass is 10.1. The highest BCUT2D eigenvalue weighted by Crippen LogP contribution is 2.25. The Morgan fingerprint density at radius 3 is 2.43 bits per heavy atom. The highest BCUT2D eigenvalue weighted by molar-refractivity contribution is 5.72. The molecule has 0 atom stereocenters. The van der Waals surface area contributed by atoms with E-state index in [4.69, 9.17) is 10.5 Å². The number of pyridine rings is 1. The number of hydrogen-bond donors (Lipinski definition) is 1. The maximum atomic E-state index is 12.8. The van der Waals surface area contributed by atoms with Crippen molar-refractivity contribution in [2.75, 3.05) is 5.73 Å². The van der Waals surface area contributed by atoms with Crippen LogP contribution >= 0.6 is 0 Å². The van der Waals surface area contributed by atoms with E-state index in [-0.39, 0.29) is 5.82 Å². The summed E-state index contributed by atoms with van der Waals surface area (Å²) < 4.78 is 18.3. The molecule has 0 fully saturated rings. The fourth-order valence-corrected chi connectivity index (χ4v) is 1.78. The molecule has 0 aliphatic carbocycles. The van der Waals surface area contributed by atoms with Crippen LogP contribution in [0.4, 0.5) is 10.2 Å². The summed E-state index contributed by atoms with van der Waals surface area (Å²) in [7, 11) is 0. The first-order valence-corrected chi connectivity index (χ1v) is 6.18. The number of hydrogen-bond acceptors (Lipinski definition) is 5. The van der Waals surface area contributed by atoms with Gasteiger partial charge in [0.25, 0.3) is 0 Å². The molecular weight excluding hydrogens is 271 g/mol. The molecule has 3 aromatic rings. The Morgan fingerprint density at radius 2 is 1.76 bits per heavy atom. The molecule has 0 aliphatic rings. The average molecular weight is 282 g/mol. The number of anilines is 1. The van der Waals surface area contributed by atoms with Crippen LogP contribution in [0.25, 0.3) is 11.1 Å². The number of benzene rings is 1. The largest absolute Gasteiger partial charge is 0.439 e. The molecule has 0 aliphatic heterocycles. The summed E-state index contributed by atoms with van der Waals surface area (Å²) in [5.41, 5.74) is 7.28. The Labute approximate surface area is 120 Å². The molecule has 0 unspecified atom stereocenters. The van der Waals surface area contributed by atoms with Gasteiger partial charge < -0.3 is 10.5 Å². The van der Waals surface area contributed by atoms with E-state index in [0.717, 1.165) is 5.56 Å².